The molecule has 0 spiro atoms. The van der Waals surface area contributed by atoms with Crippen molar-refractivity contribution < 1.29 is 13.5 Å². The zero-order valence-corrected chi connectivity index (χ0v) is 9.45. The van der Waals surface area contributed by atoms with Gasteiger partial charge >= 0.3 is 0 Å². The molecule has 94 valence electrons. The maximum atomic E-state index is 13.4. The molecule has 0 saturated carbocycles. The van der Waals surface area contributed by atoms with Gasteiger partial charge in [0.05, 0.1) is 0 Å². The first kappa shape index (κ1) is 12.2. The molecule has 1 aromatic heterocycles. The van der Waals surface area contributed by atoms with E-state index >= 15 is 0 Å². The Kier molecular flexibility index (Phi) is 3.33. The van der Waals surface area contributed by atoms with Crippen LogP contribution in [-0.2, 0) is 0 Å². The van der Waals surface area contributed by atoms with Crippen LogP contribution in [0.25, 0.3) is 0 Å². The molecule has 7 heteroatoms. The molecule has 0 aliphatic heterocycles. The lowest BCUT2D eigenvalue weighted by atomic mass is 10.3. The minimum atomic E-state index is -1.07. The molecule has 0 aliphatic carbocycles. The molecule has 0 saturated heterocycles. The summed E-state index contributed by atoms with van der Waals surface area (Å²) in [4.78, 5) is 7.74. The van der Waals surface area contributed by atoms with Crippen LogP contribution in [0.5, 0.6) is 11.6 Å². The molecule has 3 N–H and O–H groups in total. The van der Waals surface area contributed by atoms with Crippen molar-refractivity contribution in [3.05, 3.63) is 41.6 Å². The molecule has 2 aromatic rings. The van der Waals surface area contributed by atoms with Gasteiger partial charge in [0, 0.05) is 11.8 Å². The normalized spacial score (nSPS) is 10.2. The highest BCUT2D eigenvalue weighted by atomic mass is 19.2. The van der Waals surface area contributed by atoms with Gasteiger partial charge < -0.3 is 4.74 Å². The lowest BCUT2D eigenvalue weighted by Crippen LogP contribution is -2.11. The molecule has 18 heavy (non-hydrogen) atoms. The number of hydrazine groups is 1. The Morgan fingerprint density at radius 3 is 2.83 bits per heavy atom. The Balaban J connectivity index is 2.36. The van der Waals surface area contributed by atoms with Gasteiger partial charge in [0.15, 0.2) is 11.6 Å². The van der Waals surface area contributed by atoms with E-state index in [9.17, 15) is 8.78 Å². The highest BCUT2D eigenvalue weighted by Crippen LogP contribution is 2.26. The molecule has 2 rings (SSSR count). The fourth-order valence-corrected chi connectivity index (χ4v) is 1.27. The summed E-state index contributed by atoms with van der Waals surface area (Å²) in [7, 11) is 0. The molecule has 0 atom stereocenters. The van der Waals surface area contributed by atoms with Crippen LogP contribution in [0.2, 0.25) is 0 Å². The number of rotatable bonds is 3. The number of nitrogens with two attached hydrogens (primary N) is 1. The summed E-state index contributed by atoms with van der Waals surface area (Å²) in [6.45, 7) is 1.67. The van der Waals surface area contributed by atoms with Gasteiger partial charge in [0.2, 0.25) is 17.6 Å². The molecular formula is C11H10F2N4O. The minimum Gasteiger partial charge on any atom is -0.435 e. The Morgan fingerprint density at radius 1 is 1.33 bits per heavy atom. The molecule has 1 aromatic carbocycles. The number of hydrogen-bond donors (Lipinski definition) is 2. The third-order valence-electron chi connectivity index (χ3n) is 2.18. The van der Waals surface area contributed by atoms with Crippen LogP contribution >= 0.6 is 0 Å². The number of anilines is 1. The van der Waals surface area contributed by atoms with Gasteiger partial charge in [0.25, 0.3) is 0 Å². The predicted molar refractivity (Wildman–Crippen MR) is 61.0 cm³/mol. The standard InChI is InChI=1S/C11H10F2N4O/c1-6-5-15-11(17-14)16-10(6)18-8-4-2-3-7(12)9(8)13/h2-5H,14H2,1H3,(H,15,16,17). The Labute approximate surface area is 102 Å². The van der Waals surface area contributed by atoms with Crippen molar-refractivity contribution in [3.63, 3.8) is 0 Å². The summed E-state index contributed by atoms with van der Waals surface area (Å²) in [5.74, 6) is 3.06. The lowest BCUT2D eigenvalue weighted by Gasteiger charge is -2.09. The minimum absolute atomic E-state index is 0.0995. The highest BCUT2D eigenvalue weighted by Gasteiger charge is 2.12. The van der Waals surface area contributed by atoms with Gasteiger partial charge in [-0.3, -0.25) is 5.43 Å². The number of nitrogen functional groups attached to an aromatic ring is 1. The van der Waals surface area contributed by atoms with Crippen molar-refractivity contribution in [2.24, 2.45) is 5.84 Å². The maximum Gasteiger partial charge on any atom is 0.240 e. The third kappa shape index (κ3) is 2.35. The summed E-state index contributed by atoms with van der Waals surface area (Å²) in [6.07, 6.45) is 1.45. The molecule has 0 radical (unpaired) electrons. The van der Waals surface area contributed by atoms with Crippen molar-refractivity contribution in [3.8, 4) is 11.6 Å². The first-order valence-electron chi connectivity index (χ1n) is 5.04. The summed E-state index contributed by atoms with van der Waals surface area (Å²) < 4.78 is 31.6. The smallest absolute Gasteiger partial charge is 0.240 e. The summed E-state index contributed by atoms with van der Waals surface area (Å²) in [6, 6.07) is 3.64. The molecule has 0 amide bonds. The van der Waals surface area contributed by atoms with E-state index in [0.29, 0.717) is 5.56 Å². The van der Waals surface area contributed by atoms with Gasteiger partial charge in [-0.2, -0.15) is 9.37 Å². The van der Waals surface area contributed by atoms with Crippen LogP contribution in [-0.4, -0.2) is 9.97 Å². The summed E-state index contributed by atoms with van der Waals surface area (Å²) in [5.41, 5.74) is 2.80. The number of aryl methyl sites for hydroxylation is 1. The van der Waals surface area contributed by atoms with Crippen molar-refractivity contribution >= 4 is 5.95 Å². The van der Waals surface area contributed by atoms with Crippen LogP contribution in [0.1, 0.15) is 5.56 Å². The number of ether oxygens (including phenoxy) is 1. The predicted octanol–water partition coefficient (Wildman–Crippen LogP) is 2.14. The second-order valence-corrected chi connectivity index (χ2v) is 3.48. The summed E-state index contributed by atoms with van der Waals surface area (Å²) in [5, 5.41) is 0. The number of nitrogens with zero attached hydrogens (tertiary/aromatic N) is 2. The first-order chi connectivity index (χ1) is 8.61. The highest BCUT2D eigenvalue weighted by molar-refractivity contribution is 5.36. The fraction of sp³-hybridized carbons (Fsp3) is 0.0909. The van der Waals surface area contributed by atoms with Crippen LogP contribution in [0.3, 0.4) is 0 Å². The van der Waals surface area contributed by atoms with E-state index in [1.54, 1.807) is 6.92 Å². The Hall–Kier alpha value is -2.28. The maximum absolute atomic E-state index is 13.4. The average molecular weight is 252 g/mol. The monoisotopic (exact) mass is 252 g/mol. The second-order valence-electron chi connectivity index (χ2n) is 3.48. The number of halogens is 2. The van der Waals surface area contributed by atoms with E-state index in [2.05, 4.69) is 15.4 Å². The molecular weight excluding hydrogens is 242 g/mol. The molecule has 1 heterocycles. The third-order valence-corrected chi connectivity index (χ3v) is 2.18. The van der Waals surface area contributed by atoms with E-state index in [4.69, 9.17) is 10.6 Å². The quantitative estimate of drug-likeness (QED) is 0.646. The number of aromatic nitrogens is 2. The van der Waals surface area contributed by atoms with Gasteiger partial charge in [0.1, 0.15) is 0 Å². The van der Waals surface area contributed by atoms with E-state index in [-0.39, 0.29) is 17.6 Å². The van der Waals surface area contributed by atoms with E-state index < -0.39 is 11.6 Å². The van der Waals surface area contributed by atoms with Gasteiger partial charge in [-0.15, -0.1) is 0 Å². The van der Waals surface area contributed by atoms with Crippen molar-refractivity contribution in [2.45, 2.75) is 6.92 Å². The Bertz CT molecular complexity index is 577. The second kappa shape index (κ2) is 4.92. The lowest BCUT2D eigenvalue weighted by molar-refractivity contribution is 0.403. The largest absolute Gasteiger partial charge is 0.435 e. The Morgan fingerprint density at radius 2 is 2.11 bits per heavy atom. The van der Waals surface area contributed by atoms with Crippen LogP contribution < -0.4 is 16.0 Å². The SMILES string of the molecule is Cc1cnc(NN)nc1Oc1cccc(F)c1F. The number of nitrogens with one attached hydrogen (secondary N) is 1. The zero-order valence-electron chi connectivity index (χ0n) is 9.45. The van der Waals surface area contributed by atoms with Crippen molar-refractivity contribution in [1.29, 1.82) is 0 Å². The van der Waals surface area contributed by atoms with Crippen LogP contribution in [0, 0.1) is 18.6 Å². The first-order valence-corrected chi connectivity index (χ1v) is 5.04. The van der Waals surface area contributed by atoms with Crippen LogP contribution in [0.4, 0.5) is 14.7 Å². The fourth-order valence-electron chi connectivity index (χ4n) is 1.27. The topological polar surface area (TPSA) is 73.1 Å². The van der Waals surface area contributed by atoms with E-state index in [1.807, 2.05) is 0 Å². The van der Waals surface area contributed by atoms with E-state index in [1.165, 1.54) is 18.3 Å². The van der Waals surface area contributed by atoms with Gasteiger partial charge in [-0.05, 0) is 19.1 Å². The van der Waals surface area contributed by atoms with Gasteiger partial charge in [-0.1, -0.05) is 6.07 Å². The van der Waals surface area contributed by atoms with E-state index in [0.717, 1.165) is 6.07 Å². The zero-order chi connectivity index (χ0) is 13.1. The molecule has 5 nitrogen and oxygen atoms in total. The molecule has 0 unspecified atom stereocenters. The number of hydrogen-bond acceptors (Lipinski definition) is 5. The van der Waals surface area contributed by atoms with Gasteiger partial charge in [-0.25, -0.2) is 15.2 Å². The molecule has 0 bridgehead atoms. The molecule has 0 fully saturated rings. The van der Waals surface area contributed by atoms with Crippen molar-refractivity contribution in [2.75, 3.05) is 5.43 Å². The number of benzene rings is 1. The summed E-state index contributed by atoms with van der Waals surface area (Å²) >= 11 is 0. The molecule has 0 aliphatic rings. The van der Waals surface area contributed by atoms with Crippen LogP contribution in [0.15, 0.2) is 24.4 Å². The average Bonchev–Trinajstić information content (AvgIpc) is 2.37. The van der Waals surface area contributed by atoms with Crippen molar-refractivity contribution in [1.82, 2.24) is 9.97 Å².